The normalized spacial score (nSPS) is 9.83. The Morgan fingerprint density at radius 2 is 2.33 bits per heavy atom. The monoisotopic (exact) mass is 168 g/mol. The zero-order valence-corrected chi connectivity index (χ0v) is 7.26. The van der Waals surface area contributed by atoms with Gasteiger partial charge in [0.05, 0.1) is 12.3 Å². The van der Waals surface area contributed by atoms with Crippen molar-refractivity contribution in [3.05, 3.63) is 17.0 Å². The van der Waals surface area contributed by atoms with Gasteiger partial charge in [-0.15, -0.1) is 0 Å². The number of nitrogens with zero attached hydrogens (tertiary/aromatic N) is 1. The molecule has 0 radical (unpaired) electrons. The van der Waals surface area contributed by atoms with Gasteiger partial charge in [0.25, 0.3) is 6.47 Å². The largest absolute Gasteiger partial charge is 0.468 e. The minimum atomic E-state index is 0.421. The first-order chi connectivity index (χ1) is 5.75. The third-order valence-corrected chi connectivity index (χ3v) is 1.82. The number of aromatic amines is 1. The van der Waals surface area contributed by atoms with Crippen LogP contribution >= 0.6 is 0 Å². The van der Waals surface area contributed by atoms with Crippen molar-refractivity contribution in [3.63, 3.8) is 0 Å². The topological polar surface area (TPSA) is 55.0 Å². The van der Waals surface area contributed by atoms with Crippen LogP contribution in [0.2, 0.25) is 0 Å². The fourth-order valence-corrected chi connectivity index (χ4v) is 1.15. The second-order valence-electron chi connectivity index (χ2n) is 2.63. The molecule has 0 saturated carbocycles. The van der Waals surface area contributed by atoms with E-state index in [0.29, 0.717) is 13.1 Å². The number of hydrogen-bond donors (Lipinski definition) is 1. The van der Waals surface area contributed by atoms with Crippen LogP contribution < -0.4 is 0 Å². The van der Waals surface area contributed by atoms with Crippen molar-refractivity contribution in [2.75, 3.05) is 6.61 Å². The lowest BCUT2D eigenvalue weighted by Gasteiger charge is -1.98. The van der Waals surface area contributed by atoms with Crippen molar-refractivity contribution in [2.45, 2.75) is 20.3 Å². The number of carbonyl (C=O) groups excluding carboxylic acids is 1. The predicted octanol–water partition coefficient (Wildman–Crippen LogP) is 0.742. The fraction of sp³-hybridized carbons (Fsp3) is 0.500. The number of carbonyl (C=O) groups is 1. The van der Waals surface area contributed by atoms with E-state index in [4.69, 9.17) is 0 Å². The number of aromatic nitrogens is 2. The second-order valence-corrected chi connectivity index (χ2v) is 2.63. The Bertz CT molecular complexity index is 249. The molecular formula is C8H12N2O2. The van der Waals surface area contributed by atoms with Gasteiger partial charge in [-0.3, -0.25) is 9.89 Å². The molecule has 0 bridgehead atoms. The van der Waals surface area contributed by atoms with Crippen LogP contribution in [-0.2, 0) is 16.0 Å². The lowest BCUT2D eigenvalue weighted by molar-refractivity contribution is -0.128. The second kappa shape index (κ2) is 3.90. The average Bonchev–Trinajstić information content (AvgIpc) is 2.35. The molecule has 0 amide bonds. The van der Waals surface area contributed by atoms with Crippen LogP contribution in [-0.4, -0.2) is 23.3 Å². The third-order valence-electron chi connectivity index (χ3n) is 1.82. The molecule has 1 heterocycles. The Hall–Kier alpha value is -1.32. The molecule has 4 heteroatoms. The first-order valence-corrected chi connectivity index (χ1v) is 3.81. The Morgan fingerprint density at radius 1 is 1.58 bits per heavy atom. The lowest BCUT2D eigenvalue weighted by Crippen LogP contribution is -1.98. The SMILES string of the molecule is Cc1n[nH]c(C)c1CCOC=O. The highest BCUT2D eigenvalue weighted by Crippen LogP contribution is 2.09. The standard InChI is InChI=1S/C8H12N2O2/c1-6-8(3-4-12-5-11)7(2)10-9-6/h5H,3-4H2,1-2H3,(H,9,10). The van der Waals surface area contributed by atoms with Gasteiger partial charge in [-0.25, -0.2) is 0 Å². The van der Waals surface area contributed by atoms with Gasteiger partial charge in [-0.05, 0) is 19.4 Å². The molecule has 0 atom stereocenters. The Labute approximate surface area is 70.9 Å². The number of H-pyrrole nitrogens is 1. The molecule has 0 unspecified atom stereocenters. The number of nitrogens with one attached hydrogen (secondary N) is 1. The maximum atomic E-state index is 9.86. The zero-order valence-electron chi connectivity index (χ0n) is 7.26. The molecule has 0 aliphatic carbocycles. The van der Waals surface area contributed by atoms with E-state index in [0.717, 1.165) is 23.4 Å². The molecular weight excluding hydrogens is 156 g/mol. The Balaban J connectivity index is 2.55. The quantitative estimate of drug-likeness (QED) is 0.533. The van der Waals surface area contributed by atoms with Gasteiger partial charge < -0.3 is 4.74 Å². The summed E-state index contributed by atoms with van der Waals surface area (Å²) >= 11 is 0. The van der Waals surface area contributed by atoms with Gasteiger partial charge in [0.1, 0.15) is 0 Å². The summed E-state index contributed by atoms with van der Waals surface area (Å²) < 4.78 is 4.59. The molecule has 0 aromatic carbocycles. The summed E-state index contributed by atoms with van der Waals surface area (Å²) in [6.07, 6.45) is 0.729. The van der Waals surface area contributed by atoms with Crippen LogP contribution in [0, 0.1) is 13.8 Å². The summed E-state index contributed by atoms with van der Waals surface area (Å²) in [5.74, 6) is 0. The summed E-state index contributed by atoms with van der Waals surface area (Å²) in [4.78, 5) is 9.86. The zero-order chi connectivity index (χ0) is 8.97. The molecule has 12 heavy (non-hydrogen) atoms. The highest BCUT2D eigenvalue weighted by atomic mass is 16.5. The molecule has 66 valence electrons. The van der Waals surface area contributed by atoms with E-state index in [1.165, 1.54) is 0 Å². The van der Waals surface area contributed by atoms with E-state index >= 15 is 0 Å². The highest BCUT2D eigenvalue weighted by Gasteiger charge is 2.04. The van der Waals surface area contributed by atoms with Crippen molar-refractivity contribution >= 4 is 6.47 Å². The maximum absolute atomic E-state index is 9.86. The smallest absolute Gasteiger partial charge is 0.293 e. The minimum absolute atomic E-state index is 0.421. The van der Waals surface area contributed by atoms with E-state index in [9.17, 15) is 4.79 Å². The average molecular weight is 168 g/mol. The number of ether oxygens (including phenoxy) is 1. The van der Waals surface area contributed by atoms with Crippen molar-refractivity contribution in [3.8, 4) is 0 Å². The van der Waals surface area contributed by atoms with E-state index in [-0.39, 0.29) is 0 Å². The highest BCUT2D eigenvalue weighted by molar-refractivity contribution is 5.37. The molecule has 1 aromatic rings. The Morgan fingerprint density at radius 3 is 2.83 bits per heavy atom. The number of rotatable bonds is 4. The van der Waals surface area contributed by atoms with E-state index in [2.05, 4.69) is 14.9 Å². The molecule has 1 rings (SSSR count). The number of aryl methyl sites for hydroxylation is 2. The van der Waals surface area contributed by atoms with Gasteiger partial charge >= 0.3 is 0 Å². The Kier molecular flexibility index (Phi) is 2.85. The summed E-state index contributed by atoms with van der Waals surface area (Å²) in [6, 6.07) is 0. The van der Waals surface area contributed by atoms with Gasteiger partial charge in [0, 0.05) is 12.1 Å². The van der Waals surface area contributed by atoms with Gasteiger partial charge in [0.15, 0.2) is 0 Å². The maximum Gasteiger partial charge on any atom is 0.293 e. The van der Waals surface area contributed by atoms with Gasteiger partial charge in [-0.2, -0.15) is 5.10 Å². The fourth-order valence-electron chi connectivity index (χ4n) is 1.15. The van der Waals surface area contributed by atoms with E-state index in [1.54, 1.807) is 0 Å². The summed E-state index contributed by atoms with van der Waals surface area (Å²) in [6.45, 7) is 4.77. The van der Waals surface area contributed by atoms with Crippen LogP contribution in [0.5, 0.6) is 0 Å². The van der Waals surface area contributed by atoms with Crippen LogP contribution in [0.4, 0.5) is 0 Å². The third kappa shape index (κ3) is 1.84. The first-order valence-electron chi connectivity index (χ1n) is 3.81. The molecule has 0 aliphatic heterocycles. The lowest BCUT2D eigenvalue weighted by atomic mass is 10.1. The summed E-state index contributed by atoms with van der Waals surface area (Å²) in [7, 11) is 0. The van der Waals surface area contributed by atoms with E-state index in [1.807, 2.05) is 13.8 Å². The van der Waals surface area contributed by atoms with Gasteiger partial charge in [0.2, 0.25) is 0 Å². The molecule has 0 fully saturated rings. The summed E-state index contributed by atoms with van der Waals surface area (Å²) in [5.41, 5.74) is 3.15. The minimum Gasteiger partial charge on any atom is -0.468 e. The van der Waals surface area contributed by atoms with Crippen molar-refractivity contribution in [2.24, 2.45) is 0 Å². The van der Waals surface area contributed by atoms with Gasteiger partial charge in [-0.1, -0.05) is 0 Å². The van der Waals surface area contributed by atoms with Crippen LogP contribution in [0.3, 0.4) is 0 Å². The molecule has 1 N–H and O–H groups in total. The predicted molar refractivity (Wildman–Crippen MR) is 43.8 cm³/mol. The molecule has 4 nitrogen and oxygen atoms in total. The number of hydrogen-bond acceptors (Lipinski definition) is 3. The van der Waals surface area contributed by atoms with Crippen molar-refractivity contribution in [1.82, 2.24) is 10.2 Å². The summed E-state index contributed by atoms with van der Waals surface area (Å²) in [5, 5.41) is 6.90. The van der Waals surface area contributed by atoms with Crippen LogP contribution in [0.1, 0.15) is 17.0 Å². The van der Waals surface area contributed by atoms with Crippen LogP contribution in [0.25, 0.3) is 0 Å². The van der Waals surface area contributed by atoms with Crippen molar-refractivity contribution in [1.29, 1.82) is 0 Å². The molecule has 0 aliphatic rings. The van der Waals surface area contributed by atoms with Crippen molar-refractivity contribution < 1.29 is 9.53 Å². The van der Waals surface area contributed by atoms with E-state index < -0.39 is 0 Å². The first kappa shape index (κ1) is 8.77. The van der Waals surface area contributed by atoms with Crippen LogP contribution in [0.15, 0.2) is 0 Å². The molecule has 0 saturated heterocycles. The molecule has 0 spiro atoms. The molecule has 1 aromatic heterocycles.